The second-order valence-electron chi connectivity index (χ2n) is 4.64. The number of carbonyl (C=O) groups is 1. The van der Waals surface area contributed by atoms with E-state index in [9.17, 15) is 4.79 Å². The molecule has 2 aromatic carbocycles. The van der Waals surface area contributed by atoms with E-state index in [4.69, 9.17) is 5.53 Å². The van der Waals surface area contributed by atoms with Crippen LogP contribution < -0.4 is 0 Å². The molecule has 0 heterocycles. The lowest BCUT2D eigenvalue weighted by Crippen LogP contribution is -2.16. The first-order valence-electron chi connectivity index (χ1n) is 6.20. The fourth-order valence-electron chi connectivity index (χ4n) is 2.61. The molecule has 1 atom stereocenters. The Labute approximate surface area is 111 Å². The van der Waals surface area contributed by atoms with Crippen molar-refractivity contribution >= 4 is 11.5 Å². The lowest BCUT2D eigenvalue weighted by molar-refractivity contribution is -0.117. The number of hydrogen-bond acceptors (Lipinski definition) is 1. The maximum atomic E-state index is 12.3. The van der Waals surface area contributed by atoms with Gasteiger partial charge in [-0.15, -0.1) is 0 Å². The van der Waals surface area contributed by atoms with Crippen molar-refractivity contribution in [1.29, 1.82) is 0 Å². The molecular formula is C16H12N2O. The van der Waals surface area contributed by atoms with E-state index >= 15 is 0 Å². The molecule has 0 radical (unpaired) electrons. The molecule has 0 bridgehead atoms. The molecule has 19 heavy (non-hydrogen) atoms. The summed E-state index contributed by atoms with van der Waals surface area (Å²) in [5, 5.41) is 0. The maximum absolute atomic E-state index is 12.3. The summed E-state index contributed by atoms with van der Waals surface area (Å²) in [6.07, 6.45) is 0.635. The largest absolute Gasteiger partial charge is 0.365 e. The Morgan fingerprint density at radius 2 is 1.68 bits per heavy atom. The molecule has 0 spiro atoms. The first kappa shape index (κ1) is 11.6. The van der Waals surface area contributed by atoms with Gasteiger partial charge in [-0.05, 0) is 23.6 Å². The van der Waals surface area contributed by atoms with Crippen molar-refractivity contribution < 1.29 is 9.58 Å². The minimum Gasteiger partial charge on any atom is -0.361 e. The number of benzene rings is 2. The summed E-state index contributed by atoms with van der Waals surface area (Å²) < 4.78 is 0. The monoisotopic (exact) mass is 248 g/mol. The summed E-state index contributed by atoms with van der Waals surface area (Å²) in [6, 6.07) is 17.4. The summed E-state index contributed by atoms with van der Waals surface area (Å²) in [5.41, 5.74) is 12.0. The molecule has 3 nitrogen and oxygen atoms in total. The van der Waals surface area contributed by atoms with Crippen LogP contribution in [-0.4, -0.2) is 16.3 Å². The first-order valence-corrected chi connectivity index (χ1v) is 6.20. The van der Waals surface area contributed by atoms with Crippen LogP contribution >= 0.6 is 0 Å². The number of Topliss-reactive ketones (excluding diaryl/α,β-unsaturated/α-hetero) is 1. The standard InChI is InChI=1S/C16H12N2O/c17-18-15-13-9-5-4-8-12(13)14(16(15)19)10-11-6-2-1-3-7-11/h1-9,14H,10H2. The van der Waals surface area contributed by atoms with E-state index in [0.29, 0.717) is 6.42 Å². The highest BCUT2D eigenvalue weighted by atomic mass is 16.1. The summed E-state index contributed by atoms with van der Waals surface area (Å²) in [6.45, 7) is 0. The van der Waals surface area contributed by atoms with Gasteiger partial charge < -0.3 is 5.53 Å². The number of hydrogen-bond donors (Lipinski definition) is 0. The number of ketones is 1. The molecule has 0 fully saturated rings. The molecule has 92 valence electrons. The van der Waals surface area contributed by atoms with Crippen molar-refractivity contribution in [3.8, 4) is 0 Å². The quantitative estimate of drug-likeness (QED) is 0.595. The zero-order chi connectivity index (χ0) is 13.2. The molecule has 0 saturated carbocycles. The van der Waals surface area contributed by atoms with Crippen molar-refractivity contribution in [3.05, 3.63) is 76.8 Å². The van der Waals surface area contributed by atoms with Crippen molar-refractivity contribution in [1.82, 2.24) is 0 Å². The zero-order valence-electron chi connectivity index (χ0n) is 10.3. The average molecular weight is 248 g/mol. The molecule has 3 heteroatoms. The van der Waals surface area contributed by atoms with Gasteiger partial charge in [-0.1, -0.05) is 48.5 Å². The third kappa shape index (κ3) is 1.90. The SMILES string of the molecule is [N-]=[N+]=C1C(=O)C(Cc2ccccc2)c2ccccc21. The third-order valence-corrected chi connectivity index (χ3v) is 3.52. The Morgan fingerprint density at radius 1 is 1.00 bits per heavy atom. The van der Waals surface area contributed by atoms with Crippen LogP contribution in [0.25, 0.3) is 5.53 Å². The van der Waals surface area contributed by atoms with Crippen molar-refractivity contribution in [2.24, 2.45) is 0 Å². The van der Waals surface area contributed by atoms with Gasteiger partial charge in [0, 0.05) is 0 Å². The third-order valence-electron chi connectivity index (χ3n) is 3.52. The van der Waals surface area contributed by atoms with E-state index in [2.05, 4.69) is 4.79 Å². The van der Waals surface area contributed by atoms with Crippen LogP contribution in [0.3, 0.4) is 0 Å². The number of nitrogens with zero attached hydrogens (tertiary/aromatic N) is 2. The molecule has 1 aliphatic rings. The zero-order valence-corrected chi connectivity index (χ0v) is 10.3. The van der Waals surface area contributed by atoms with Gasteiger partial charge in [0.1, 0.15) is 0 Å². The van der Waals surface area contributed by atoms with Crippen LogP contribution in [0, 0.1) is 0 Å². The van der Waals surface area contributed by atoms with Gasteiger partial charge in [0.15, 0.2) is 0 Å². The summed E-state index contributed by atoms with van der Waals surface area (Å²) >= 11 is 0. The van der Waals surface area contributed by atoms with Crippen LogP contribution in [0.2, 0.25) is 0 Å². The van der Waals surface area contributed by atoms with Gasteiger partial charge in [-0.2, -0.15) is 4.79 Å². The molecule has 2 aromatic rings. The van der Waals surface area contributed by atoms with Gasteiger partial charge in [-0.25, -0.2) is 0 Å². The van der Waals surface area contributed by atoms with Crippen molar-refractivity contribution in [3.63, 3.8) is 0 Å². The fraction of sp³-hybridized carbons (Fsp3) is 0.125. The summed E-state index contributed by atoms with van der Waals surface area (Å²) in [5.74, 6) is -0.350. The van der Waals surface area contributed by atoms with Crippen LogP contribution in [0.4, 0.5) is 0 Å². The summed E-state index contributed by atoms with van der Waals surface area (Å²) in [4.78, 5) is 15.5. The molecule has 3 rings (SSSR count). The Bertz CT molecular complexity index is 685. The molecule has 0 N–H and O–H groups in total. The topological polar surface area (TPSA) is 53.5 Å². The summed E-state index contributed by atoms with van der Waals surface area (Å²) in [7, 11) is 0. The second kappa shape index (κ2) is 4.63. The van der Waals surface area contributed by atoms with Gasteiger partial charge >= 0.3 is 5.71 Å². The minimum absolute atomic E-state index is 0.104. The highest BCUT2D eigenvalue weighted by Gasteiger charge is 2.41. The van der Waals surface area contributed by atoms with Gasteiger partial charge in [0.2, 0.25) is 0 Å². The lowest BCUT2D eigenvalue weighted by atomic mass is 9.93. The van der Waals surface area contributed by atoms with Crippen molar-refractivity contribution in [2.75, 3.05) is 0 Å². The molecule has 0 aliphatic heterocycles. The van der Waals surface area contributed by atoms with Crippen LogP contribution in [0.5, 0.6) is 0 Å². The highest BCUT2D eigenvalue weighted by molar-refractivity contribution is 6.49. The minimum atomic E-state index is -0.246. The Morgan fingerprint density at radius 3 is 2.42 bits per heavy atom. The molecule has 1 unspecified atom stereocenters. The Kier molecular flexibility index (Phi) is 2.82. The predicted molar refractivity (Wildman–Crippen MR) is 72.1 cm³/mol. The molecule has 0 saturated heterocycles. The Hall–Kier alpha value is -2.51. The number of fused-ring (bicyclic) bond motifs is 1. The number of rotatable bonds is 2. The average Bonchev–Trinajstić information content (AvgIpc) is 2.73. The van der Waals surface area contributed by atoms with E-state index in [1.807, 2.05) is 54.6 Å². The van der Waals surface area contributed by atoms with Gasteiger partial charge in [-0.3, -0.25) is 4.79 Å². The van der Waals surface area contributed by atoms with E-state index in [1.54, 1.807) is 0 Å². The molecular weight excluding hydrogens is 236 g/mol. The molecule has 0 amide bonds. The molecule has 1 aliphatic carbocycles. The van der Waals surface area contributed by atoms with Crippen molar-refractivity contribution in [2.45, 2.75) is 12.3 Å². The highest BCUT2D eigenvalue weighted by Crippen LogP contribution is 2.32. The van der Waals surface area contributed by atoms with E-state index in [0.717, 1.165) is 16.7 Å². The van der Waals surface area contributed by atoms with Crippen LogP contribution in [0.15, 0.2) is 54.6 Å². The van der Waals surface area contributed by atoms with Crippen LogP contribution in [-0.2, 0) is 11.2 Å². The predicted octanol–water partition coefficient (Wildman–Crippen LogP) is 2.61. The first-order chi connectivity index (χ1) is 9.31. The lowest BCUT2D eigenvalue weighted by Gasteiger charge is -2.08. The van der Waals surface area contributed by atoms with Gasteiger partial charge in [0.05, 0.1) is 11.5 Å². The second-order valence-corrected chi connectivity index (χ2v) is 4.64. The van der Waals surface area contributed by atoms with Crippen LogP contribution in [0.1, 0.15) is 22.6 Å². The van der Waals surface area contributed by atoms with Gasteiger partial charge in [0.25, 0.3) is 5.78 Å². The normalized spacial score (nSPS) is 17.2. The Balaban J connectivity index is 2.04. The molecule has 0 aromatic heterocycles. The van der Waals surface area contributed by atoms with E-state index in [-0.39, 0.29) is 17.4 Å². The maximum Gasteiger partial charge on any atom is 0.365 e. The van der Waals surface area contributed by atoms with E-state index < -0.39 is 0 Å². The smallest absolute Gasteiger partial charge is 0.361 e. The fourth-order valence-corrected chi connectivity index (χ4v) is 2.61. The van der Waals surface area contributed by atoms with E-state index in [1.165, 1.54) is 0 Å². The number of carbonyl (C=O) groups excluding carboxylic acids is 1.